The summed E-state index contributed by atoms with van der Waals surface area (Å²) in [6, 6.07) is 1.74. The molecule has 0 unspecified atom stereocenters. The number of morpholine rings is 1. The maximum absolute atomic E-state index is 12.1. The Kier molecular flexibility index (Phi) is 5.51. The molecule has 2 aliphatic rings. The van der Waals surface area contributed by atoms with Crippen LogP contribution < -0.4 is 10.6 Å². The molecule has 23 heavy (non-hydrogen) atoms. The lowest BCUT2D eigenvalue weighted by Gasteiger charge is -2.48. The van der Waals surface area contributed by atoms with E-state index in [4.69, 9.17) is 4.74 Å². The quantitative estimate of drug-likeness (QED) is 0.762. The summed E-state index contributed by atoms with van der Waals surface area (Å²) in [6.07, 6.45) is 7.80. The van der Waals surface area contributed by atoms with Crippen LogP contribution in [-0.4, -0.2) is 59.5 Å². The van der Waals surface area contributed by atoms with Gasteiger partial charge in [-0.05, 0) is 18.9 Å². The van der Waals surface area contributed by atoms with Crippen LogP contribution in [0.1, 0.15) is 37.8 Å². The highest BCUT2D eigenvalue weighted by molar-refractivity contribution is 5.73. The van der Waals surface area contributed by atoms with E-state index in [-0.39, 0.29) is 11.6 Å². The smallest absolute Gasteiger partial charge is 0.315 e. The predicted molar refractivity (Wildman–Crippen MR) is 87.0 cm³/mol. The maximum Gasteiger partial charge on any atom is 0.315 e. The standard InChI is InChI=1S/C16H27N5O2/c22-15(17-12-14-4-7-19-20-14)18-13-16(5-2-1-3-6-16)21-8-10-23-11-9-21/h4,7H,1-3,5-6,8-13H2,(H,19,20)(H2,17,18,22). The Balaban J connectivity index is 1.52. The fourth-order valence-corrected chi connectivity index (χ4v) is 3.72. The Morgan fingerprint density at radius 2 is 2.04 bits per heavy atom. The van der Waals surface area contributed by atoms with E-state index in [1.54, 1.807) is 6.20 Å². The maximum atomic E-state index is 12.1. The second-order valence-corrected chi connectivity index (χ2v) is 6.50. The highest BCUT2D eigenvalue weighted by Gasteiger charge is 2.38. The number of hydrogen-bond acceptors (Lipinski definition) is 4. The van der Waals surface area contributed by atoms with Gasteiger partial charge in [0.05, 0.1) is 25.5 Å². The molecule has 2 heterocycles. The number of ether oxygens (including phenoxy) is 1. The van der Waals surface area contributed by atoms with Crippen molar-refractivity contribution in [3.05, 3.63) is 18.0 Å². The Bertz CT molecular complexity index is 479. The third kappa shape index (κ3) is 4.23. The number of aromatic amines is 1. The predicted octanol–water partition coefficient (Wildman–Crippen LogP) is 1.24. The molecule has 1 aliphatic carbocycles. The van der Waals surface area contributed by atoms with E-state index in [2.05, 4.69) is 25.7 Å². The van der Waals surface area contributed by atoms with Gasteiger partial charge in [0.1, 0.15) is 0 Å². The topological polar surface area (TPSA) is 82.3 Å². The molecule has 3 N–H and O–H groups in total. The van der Waals surface area contributed by atoms with Crippen LogP contribution in [0.3, 0.4) is 0 Å². The highest BCUT2D eigenvalue weighted by Crippen LogP contribution is 2.33. The van der Waals surface area contributed by atoms with E-state index in [9.17, 15) is 4.79 Å². The SMILES string of the molecule is O=C(NCc1ccn[nH]1)NCC1(N2CCOCC2)CCCCC1. The first-order valence-electron chi connectivity index (χ1n) is 8.61. The lowest BCUT2D eigenvalue weighted by molar-refractivity contribution is -0.0357. The van der Waals surface area contributed by atoms with Crippen molar-refractivity contribution in [2.24, 2.45) is 0 Å². The third-order valence-electron chi connectivity index (χ3n) is 5.04. The zero-order valence-electron chi connectivity index (χ0n) is 13.6. The molecule has 1 aromatic rings. The van der Waals surface area contributed by atoms with Gasteiger partial charge in [0.25, 0.3) is 0 Å². The number of nitrogens with zero attached hydrogens (tertiary/aromatic N) is 2. The van der Waals surface area contributed by atoms with Crippen molar-refractivity contribution in [3.8, 4) is 0 Å². The molecule has 128 valence electrons. The van der Waals surface area contributed by atoms with Gasteiger partial charge in [0.15, 0.2) is 0 Å². The van der Waals surface area contributed by atoms with E-state index in [1.165, 1.54) is 19.3 Å². The van der Waals surface area contributed by atoms with Gasteiger partial charge < -0.3 is 15.4 Å². The number of rotatable bonds is 5. The van der Waals surface area contributed by atoms with Crippen LogP contribution in [0.4, 0.5) is 4.79 Å². The molecule has 1 aromatic heterocycles. The number of carbonyl (C=O) groups is 1. The van der Waals surface area contributed by atoms with E-state index < -0.39 is 0 Å². The van der Waals surface area contributed by atoms with Crippen LogP contribution in [0, 0.1) is 0 Å². The summed E-state index contributed by atoms with van der Waals surface area (Å²) in [5.74, 6) is 0. The Hall–Kier alpha value is -1.60. The number of H-pyrrole nitrogens is 1. The highest BCUT2D eigenvalue weighted by atomic mass is 16.5. The average molecular weight is 321 g/mol. The first-order chi connectivity index (χ1) is 11.3. The van der Waals surface area contributed by atoms with E-state index in [1.807, 2.05) is 6.07 Å². The van der Waals surface area contributed by atoms with Gasteiger partial charge in [-0.2, -0.15) is 5.10 Å². The monoisotopic (exact) mass is 321 g/mol. The van der Waals surface area contributed by atoms with Gasteiger partial charge in [-0.3, -0.25) is 10.00 Å². The van der Waals surface area contributed by atoms with Crippen LogP contribution in [0.2, 0.25) is 0 Å². The van der Waals surface area contributed by atoms with Crippen molar-refractivity contribution in [1.29, 1.82) is 0 Å². The zero-order chi connectivity index (χ0) is 16.0. The van der Waals surface area contributed by atoms with Crippen molar-refractivity contribution < 1.29 is 9.53 Å². The summed E-state index contributed by atoms with van der Waals surface area (Å²) >= 11 is 0. The molecule has 0 spiro atoms. The largest absolute Gasteiger partial charge is 0.379 e. The van der Waals surface area contributed by atoms with Crippen molar-refractivity contribution >= 4 is 6.03 Å². The lowest BCUT2D eigenvalue weighted by Crippen LogP contribution is -2.60. The van der Waals surface area contributed by atoms with Crippen molar-refractivity contribution in [2.45, 2.75) is 44.2 Å². The molecule has 1 saturated carbocycles. The molecule has 3 rings (SSSR count). The fourth-order valence-electron chi connectivity index (χ4n) is 3.72. The summed E-state index contributed by atoms with van der Waals surface area (Å²) in [5.41, 5.74) is 1.01. The van der Waals surface area contributed by atoms with Crippen LogP contribution in [0.25, 0.3) is 0 Å². The molecule has 7 nitrogen and oxygen atoms in total. The molecule has 1 saturated heterocycles. The first kappa shape index (κ1) is 16.3. The molecule has 2 fully saturated rings. The molecule has 7 heteroatoms. The van der Waals surface area contributed by atoms with Gasteiger partial charge in [0.2, 0.25) is 0 Å². The fraction of sp³-hybridized carbons (Fsp3) is 0.750. The lowest BCUT2D eigenvalue weighted by atomic mass is 9.80. The summed E-state index contributed by atoms with van der Waals surface area (Å²) in [5, 5.41) is 12.7. The number of nitrogens with one attached hydrogen (secondary N) is 3. The molecular formula is C16H27N5O2. The summed E-state index contributed by atoms with van der Waals surface area (Å²) in [7, 11) is 0. The number of carbonyl (C=O) groups excluding carboxylic acids is 1. The zero-order valence-corrected chi connectivity index (χ0v) is 13.6. The second kappa shape index (κ2) is 7.79. The molecule has 0 aromatic carbocycles. The molecule has 0 atom stereocenters. The number of urea groups is 1. The molecule has 2 amide bonds. The normalized spacial score (nSPS) is 21.7. The van der Waals surface area contributed by atoms with Gasteiger partial charge in [-0.1, -0.05) is 19.3 Å². The van der Waals surface area contributed by atoms with E-state index in [0.29, 0.717) is 13.1 Å². The van der Waals surface area contributed by atoms with Crippen molar-refractivity contribution in [2.75, 3.05) is 32.8 Å². The number of hydrogen-bond donors (Lipinski definition) is 3. The molecule has 0 radical (unpaired) electrons. The average Bonchev–Trinajstić information content (AvgIpc) is 3.13. The summed E-state index contributed by atoms with van der Waals surface area (Å²) < 4.78 is 5.49. The Morgan fingerprint density at radius 3 is 2.74 bits per heavy atom. The van der Waals surface area contributed by atoms with Gasteiger partial charge in [0, 0.05) is 31.4 Å². The minimum absolute atomic E-state index is 0.105. The third-order valence-corrected chi connectivity index (χ3v) is 5.04. The van der Waals surface area contributed by atoms with Gasteiger partial charge >= 0.3 is 6.03 Å². The van der Waals surface area contributed by atoms with Gasteiger partial charge in [-0.15, -0.1) is 0 Å². The minimum Gasteiger partial charge on any atom is -0.379 e. The Labute approximate surface area is 137 Å². The van der Waals surface area contributed by atoms with Crippen LogP contribution in [0.15, 0.2) is 12.3 Å². The Morgan fingerprint density at radius 1 is 1.26 bits per heavy atom. The van der Waals surface area contributed by atoms with Crippen LogP contribution >= 0.6 is 0 Å². The summed E-state index contributed by atoms with van der Waals surface area (Å²) in [6.45, 7) is 4.72. The number of amides is 2. The van der Waals surface area contributed by atoms with Crippen LogP contribution in [-0.2, 0) is 11.3 Å². The minimum atomic E-state index is -0.113. The molecule has 0 bridgehead atoms. The second-order valence-electron chi connectivity index (χ2n) is 6.50. The first-order valence-corrected chi connectivity index (χ1v) is 8.61. The summed E-state index contributed by atoms with van der Waals surface area (Å²) in [4.78, 5) is 14.6. The van der Waals surface area contributed by atoms with Crippen LogP contribution in [0.5, 0.6) is 0 Å². The van der Waals surface area contributed by atoms with Gasteiger partial charge in [-0.25, -0.2) is 4.79 Å². The van der Waals surface area contributed by atoms with Crippen molar-refractivity contribution in [1.82, 2.24) is 25.7 Å². The van der Waals surface area contributed by atoms with Crippen molar-refractivity contribution in [3.63, 3.8) is 0 Å². The number of aromatic nitrogens is 2. The molecular weight excluding hydrogens is 294 g/mol. The van der Waals surface area contributed by atoms with E-state index in [0.717, 1.165) is 44.8 Å². The molecule has 1 aliphatic heterocycles. The van der Waals surface area contributed by atoms with E-state index >= 15 is 0 Å².